The van der Waals surface area contributed by atoms with Gasteiger partial charge in [-0.15, -0.1) is 0 Å². The molecule has 2 aromatic rings. The zero-order chi connectivity index (χ0) is 16.8. The second kappa shape index (κ2) is 5.85. The minimum atomic E-state index is -3.37. The monoisotopic (exact) mass is 353 g/mol. The molecule has 1 aliphatic heterocycles. The molecule has 0 spiro atoms. The van der Waals surface area contributed by atoms with E-state index in [-0.39, 0.29) is 5.91 Å². The van der Waals surface area contributed by atoms with Crippen molar-refractivity contribution < 1.29 is 13.2 Å². The SMILES string of the molecule is Cc1cc(C)c2nc(NC(=O)C3CCCN3S(C)(=O)=O)sc2c1. The molecule has 1 amide bonds. The summed E-state index contributed by atoms with van der Waals surface area (Å²) in [4.78, 5) is 16.9. The lowest BCUT2D eigenvalue weighted by atomic mass is 10.1. The van der Waals surface area contributed by atoms with E-state index >= 15 is 0 Å². The molecule has 23 heavy (non-hydrogen) atoms. The smallest absolute Gasteiger partial charge is 0.244 e. The summed E-state index contributed by atoms with van der Waals surface area (Å²) in [5, 5.41) is 3.30. The van der Waals surface area contributed by atoms with E-state index in [0.29, 0.717) is 24.5 Å². The molecule has 1 unspecified atom stereocenters. The van der Waals surface area contributed by atoms with Gasteiger partial charge in [0.2, 0.25) is 15.9 Å². The molecule has 8 heteroatoms. The summed E-state index contributed by atoms with van der Waals surface area (Å²) >= 11 is 1.41. The average Bonchev–Trinajstić information content (AvgIpc) is 3.03. The minimum absolute atomic E-state index is 0.304. The van der Waals surface area contributed by atoms with Gasteiger partial charge in [0, 0.05) is 6.54 Å². The van der Waals surface area contributed by atoms with Gasteiger partial charge in [-0.25, -0.2) is 13.4 Å². The van der Waals surface area contributed by atoms with Gasteiger partial charge in [-0.1, -0.05) is 17.4 Å². The Balaban J connectivity index is 1.84. The molecule has 0 radical (unpaired) electrons. The van der Waals surface area contributed by atoms with Crippen molar-refractivity contribution in [2.75, 3.05) is 18.1 Å². The Labute approximate surface area is 139 Å². The number of anilines is 1. The molecule has 1 atom stereocenters. The third kappa shape index (κ3) is 3.24. The number of aromatic nitrogens is 1. The number of carbonyl (C=O) groups is 1. The maximum Gasteiger partial charge on any atom is 0.244 e. The number of benzene rings is 1. The molecular formula is C15H19N3O3S2. The van der Waals surface area contributed by atoms with E-state index in [9.17, 15) is 13.2 Å². The summed E-state index contributed by atoms with van der Waals surface area (Å²) in [7, 11) is -3.37. The first-order valence-corrected chi connectivity index (χ1v) is 10.1. The Hall–Kier alpha value is -1.51. The molecule has 2 heterocycles. The lowest BCUT2D eigenvalue weighted by Gasteiger charge is -2.20. The van der Waals surface area contributed by atoms with E-state index in [2.05, 4.69) is 16.4 Å². The van der Waals surface area contributed by atoms with Gasteiger partial charge in [0.25, 0.3) is 0 Å². The number of hydrogen-bond acceptors (Lipinski definition) is 5. The Morgan fingerprint density at radius 3 is 2.83 bits per heavy atom. The number of nitrogens with one attached hydrogen (secondary N) is 1. The molecule has 1 saturated heterocycles. The lowest BCUT2D eigenvalue weighted by Crippen LogP contribution is -2.42. The predicted octanol–water partition coefficient (Wildman–Crippen LogP) is 2.28. The second-order valence-corrected chi connectivity index (χ2v) is 8.93. The molecule has 6 nitrogen and oxygen atoms in total. The van der Waals surface area contributed by atoms with E-state index in [1.807, 2.05) is 19.9 Å². The zero-order valence-corrected chi connectivity index (χ0v) is 14.9. The summed E-state index contributed by atoms with van der Waals surface area (Å²) in [6, 6.07) is 3.45. The second-order valence-electron chi connectivity index (χ2n) is 5.97. The molecule has 1 aromatic carbocycles. The van der Waals surface area contributed by atoms with Crippen LogP contribution in [0, 0.1) is 13.8 Å². The first-order valence-electron chi connectivity index (χ1n) is 7.41. The van der Waals surface area contributed by atoms with Crippen molar-refractivity contribution >= 4 is 42.6 Å². The Morgan fingerprint density at radius 2 is 2.13 bits per heavy atom. The lowest BCUT2D eigenvalue weighted by molar-refractivity contribution is -0.119. The number of thiazole rings is 1. The van der Waals surface area contributed by atoms with Crippen LogP contribution in [-0.2, 0) is 14.8 Å². The van der Waals surface area contributed by atoms with Crippen molar-refractivity contribution in [3.05, 3.63) is 23.3 Å². The highest BCUT2D eigenvalue weighted by atomic mass is 32.2. The van der Waals surface area contributed by atoms with E-state index in [1.165, 1.54) is 15.6 Å². The van der Waals surface area contributed by atoms with Crippen LogP contribution in [0.1, 0.15) is 24.0 Å². The fourth-order valence-electron chi connectivity index (χ4n) is 3.01. The molecule has 1 aliphatic rings. The molecule has 124 valence electrons. The zero-order valence-electron chi connectivity index (χ0n) is 13.3. The van der Waals surface area contributed by atoms with E-state index in [0.717, 1.165) is 27.6 Å². The van der Waals surface area contributed by atoms with Crippen LogP contribution >= 0.6 is 11.3 Å². The molecule has 0 saturated carbocycles. The third-order valence-electron chi connectivity index (χ3n) is 3.99. The van der Waals surface area contributed by atoms with Gasteiger partial charge in [-0.2, -0.15) is 4.31 Å². The van der Waals surface area contributed by atoms with Crippen molar-refractivity contribution in [2.45, 2.75) is 32.7 Å². The highest BCUT2D eigenvalue weighted by Gasteiger charge is 2.36. The quantitative estimate of drug-likeness (QED) is 0.918. The molecule has 1 fully saturated rings. The van der Waals surface area contributed by atoms with Crippen molar-refractivity contribution in [3.63, 3.8) is 0 Å². The number of aryl methyl sites for hydroxylation is 2. The van der Waals surface area contributed by atoms with Gasteiger partial charge >= 0.3 is 0 Å². The Morgan fingerprint density at radius 1 is 1.39 bits per heavy atom. The summed E-state index contributed by atoms with van der Waals surface area (Å²) in [5.74, 6) is -0.304. The highest BCUT2D eigenvalue weighted by molar-refractivity contribution is 7.88. The summed E-state index contributed by atoms with van der Waals surface area (Å²) in [6.07, 6.45) is 2.38. The number of sulfonamides is 1. The minimum Gasteiger partial charge on any atom is -0.301 e. The normalized spacial score (nSPS) is 19.3. The van der Waals surface area contributed by atoms with Gasteiger partial charge in [-0.3, -0.25) is 4.79 Å². The average molecular weight is 353 g/mol. The number of hydrogen-bond donors (Lipinski definition) is 1. The maximum atomic E-state index is 12.4. The van der Waals surface area contributed by atoms with Gasteiger partial charge in [-0.05, 0) is 43.9 Å². The number of amides is 1. The molecule has 1 aromatic heterocycles. The first-order chi connectivity index (χ1) is 10.8. The molecule has 0 aliphatic carbocycles. The van der Waals surface area contributed by atoms with Crippen molar-refractivity contribution in [2.24, 2.45) is 0 Å². The first kappa shape index (κ1) is 16.4. The van der Waals surface area contributed by atoms with Crippen LogP contribution in [-0.4, -0.2) is 42.5 Å². The van der Waals surface area contributed by atoms with Crippen molar-refractivity contribution in [1.82, 2.24) is 9.29 Å². The molecular weight excluding hydrogens is 334 g/mol. The largest absolute Gasteiger partial charge is 0.301 e. The van der Waals surface area contributed by atoms with Gasteiger partial charge < -0.3 is 5.32 Å². The van der Waals surface area contributed by atoms with Crippen LogP contribution in [0.4, 0.5) is 5.13 Å². The van der Waals surface area contributed by atoms with Crippen LogP contribution < -0.4 is 5.32 Å². The molecule has 3 rings (SSSR count). The van der Waals surface area contributed by atoms with Crippen LogP contribution in [0.15, 0.2) is 12.1 Å². The number of rotatable bonds is 3. The van der Waals surface area contributed by atoms with Gasteiger partial charge in [0.05, 0.1) is 16.5 Å². The standard InChI is InChI=1S/C15H19N3O3S2/c1-9-7-10(2)13-12(8-9)22-15(16-13)17-14(19)11-5-4-6-18(11)23(3,20)21/h7-8,11H,4-6H2,1-3H3,(H,16,17,19). The fourth-order valence-corrected chi connectivity index (χ4v) is 5.18. The summed E-state index contributed by atoms with van der Waals surface area (Å²) in [6.45, 7) is 4.41. The van der Waals surface area contributed by atoms with Crippen molar-refractivity contribution in [1.29, 1.82) is 0 Å². The number of fused-ring (bicyclic) bond motifs is 1. The van der Waals surface area contributed by atoms with E-state index < -0.39 is 16.1 Å². The predicted molar refractivity (Wildman–Crippen MR) is 92.3 cm³/mol. The molecule has 1 N–H and O–H groups in total. The number of nitrogens with zero attached hydrogens (tertiary/aromatic N) is 2. The fraction of sp³-hybridized carbons (Fsp3) is 0.467. The summed E-state index contributed by atoms with van der Waals surface area (Å²) in [5.41, 5.74) is 3.09. The van der Waals surface area contributed by atoms with Crippen LogP contribution in [0.25, 0.3) is 10.2 Å². The summed E-state index contributed by atoms with van der Waals surface area (Å²) < 4.78 is 25.8. The van der Waals surface area contributed by atoms with E-state index in [4.69, 9.17) is 0 Å². The maximum absolute atomic E-state index is 12.4. The van der Waals surface area contributed by atoms with Gasteiger partial charge in [0.15, 0.2) is 5.13 Å². The highest BCUT2D eigenvalue weighted by Crippen LogP contribution is 2.30. The number of carbonyl (C=O) groups excluding carboxylic acids is 1. The third-order valence-corrected chi connectivity index (χ3v) is 6.20. The van der Waals surface area contributed by atoms with Crippen molar-refractivity contribution in [3.8, 4) is 0 Å². The Bertz CT molecular complexity index is 873. The Kier molecular flexibility index (Phi) is 4.16. The topological polar surface area (TPSA) is 79.4 Å². The van der Waals surface area contributed by atoms with Crippen LogP contribution in [0.2, 0.25) is 0 Å². The van der Waals surface area contributed by atoms with Gasteiger partial charge in [0.1, 0.15) is 6.04 Å². The van der Waals surface area contributed by atoms with E-state index in [1.54, 1.807) is 0 Å². The molecule has 0 bridgehead atoms. The van der Waals surface area contributed by atoms with Crippen LogP contribution in [0.3, 0.4) is 0 Å². The van der Waals surface area contributed by atoms with Crippen LogP contribution in [0.5, 0.6) is 0 Å².